The van der Waals surface area contributed by atoms with Gasteiger partial charge in [-0.3, -0.25) is 9.10 Å². The fourth-order valence-corrected chi connectivity index (χ4v) is 4.69. The highest BCUT2D eigenvalue weighted by molar-refractivity contribution is 7.92. The number of sulfonamides is 1. The number of anilines is 2. The van der Waals surface area contributed by atoms with Gasteiger partial charge >= 0.3 is 0 Å². The van der Waals surface area contributed by atoms with E-state index in [2.05, 4.69) is 0 Å². The first-order chi connectivity index (χ1) is 12.6. The zero-order valence-electron chi connectivity index (χ0n) is 15.2. The van der Waals surface area contributed by atoms with Crippen LogP contribution in [0.4, 0.5) is 20.2 Å². The molecular formula is C19H20F2N2O3S. The van der Waals surface area contributed by atoms with Gasteiger partial charge in [0.1, 0.15) is 6.04 Å². The Bertz CT molecular complexity index is 994. The number of rotatable bonds is 4. The number of amides is 1. The summed E-state index contributed by atoms with van der Waals surface area (Å²) in [5.74, 6) is -2.70. The molecule has 2 aromatic carbocycles. The summed E-state index contributed by atoms with van der Waals surface area (Å²) >= 11 is 0. The van der Waals surface area contributed by atoms with Crippen LogP contribution >= 0.6 is 0 Å². The van der Waals surface area contributed by atoms with Gasteiger partial charge in [0.05, 0.1) is 11.9 Å². The molecule has 27 heavy (non-hydrogen) atoms. The van der Waals surface area contributed by atoms with Crippen LogP contribution in [0.1, 0.15) is 19.4 Å². The maximum absolute atomic E-state index is 13.7. The van der Waals surface area contributed by atoms with Crippen LogP contribution in [0.25, 0.3) is 0 Å². The quantitative estimate of drug-likeness (QED) is 0.801. The molecule has 0 saturated heterocycles. The van der Waals surface area contributed by atoms with Gasteiger partial charge < -0.3 is 4.90 Å². The van der Waals surface area contributed by atoms with E-state index in [1.54, 1.807) is 4.90 Å². The van der Waals surface area contributed by atoms with Crippen LogP contribution in [0.3, 0.4) is 0 Å². The molecule has 0 radical (unpaired) electrons. The van der Waals surface area contributed by atoms with Crippen molar-refractivity contribution >= 4 is 27.3 Å². The molecule has 1 heterocycles. The Kier molecular flexibility index (Phi) is 4.94. The normalized spacial score (nSPS) is 17.5. The van der Waals surface area contributed by atoms with E-state index in [-0.39, 0.29) is 11.7 Å². The van der Waals surface area contributed by atoms with E-state index in [0.717, 1.165) is 40.0 Å². The van der Waals surface area contributed by atoms with Crippen molar-refractivity contribution < 1.29 is 22.0 Å². The number of carbonyl (C=O) groups excluding carboxylic acids is 1. The molecule has 0 spiro atoms. The zero-order valence-corrected chi connectivity index (χ0v) is 16.0. The first-order valence-electron chi connectivity index (χ1n) is 8.46. The molecule has 2 atom stereocenters. The smallest absolute Gasteiger partial charge is 0.250 e. The minimum absolute atomic E-state index is 0.0996. The summed E-state index contributed by atoms with van der Waals surface area (Å²) in [6, 6.07) is 8.93. The van der Waals surface area contributed by atoms with Crippen molar-refractivity contribution in [3.8, 4) is 0 Å². The lowest BCUT2D eigenvalue weighted by atomic mass is 10.1. The third-order valence-corrected chi connectivity index (χ3v) is 5.91. The average Bonchev–Trinajstić information content (AvgIpc) is 2.92. The highest BCUT2D eigenvalue weighted by atomic mass is 32.2. The molecule has 0 aliphatic carbocycles. The third kappa shape index (κ3) is 3.53. The molecule has 0 saturated carbocycles. The number of halogens is 2. The minimum atomic E-state index is -3.92. The van der Waals surface area contributed by atoms with E-state index in [0.29, 0.717) is 6.42 Å². The second-order valence-electron chi connectivity index (χ2n) is 6.72. The van der Waals surface area contributed by atoms with Gasteiger partial charge in [0.15, 0.2) is 11.6 Å². The fraction of sp³-hybridized carbons (Fsp3) is 0.316. The van der Waals surface area contributed by atoms with Crippen LogP contribution < -0.4 is 9.21 Å². The van der Waals surface area contributed by atoms with Crippen LogP contribution in [-0.2, 0) is 21.2 Å². The topological polar surface area (TPSA) is 57.7 Å². The Morgan fingerprint density at radius 1 is 1.19 bits per heavy atom. The number of hydrogen-bond donors (Lipinski definition) is 0. The number of hydrogen-bond acceptors (Lipinski definition) is 3. The van der Waals surface area contributed by atoms with Crippen molar-refractivity contribution in [2.45, 2.75) is 32.4 Å². The van der Waals surface area contributed by atoms with Gasteiger partial charge in [-0.05, 0) is 44.0 Å². The maximum atomic E-state index is 13.7. The van der Waals surface area contributed by atoms with Crippen molar-refractivity contribution in [1.29, 1.82) is 0 Å². The first kappa shape index (κ1) is 19.3. The van der Waals surface area contributed by atoms with Gasteiger partial charge in [0, 0.05) is 17.8 Å². The number of benzene rings is 2. The van der Waals surface area contributed by atoms with E-state index in [4.69, 9.17) is 0 Å². The molecule has 1 amide bonds. The monoisotopic (exact) mass is 394 g/mol. The molecule has 1 aliphatic rings. The minimum Gasteiger partial charge on any atom is -0.307 e. The van der Waals surface area contributed by atoms with Crippen molar-refractivity contribution in [2.75, 3.05) is 15.5 Å². The van der Waals surface area contributed by atoms with E-state index >= 15 is 0 Å². The van der Waals surface area contributed by atoms with Crippen LogP contribution in [0.5, 0.6) is 0 Å². The summed E-state index contributed by atoms with van der Waals surface area (Å²) in [5, 5.41) is 0. The zero-order chi connectivity index (χ0) is 19.9. The second kappa shape index (κ2) is 6.92. The number of nitrogens with zero attached hydrogens (tertiary/aromatic N) is 2. The van der Waals surface area contributed by atoms with Gasteiger partial charge in [-0.25, -0.2) is 17.2 Å². The Hall–Kier alpha value is -2.48. The molecule has 0 N–H and O–H groups in total. The Morgan fingerprint density at radius 2 is 1.85 bits per heavy atom. The number of para-hydroxylation sites is 1. The highest BCUT2D eigenvalue weighted by Crippen LogP contribution is 2.33. The first-order valence-corrected chi connectivity index (χ1v) is 10.3. The van der Waals surface area contributed by atoms with Gasteiger partial charge in [-0.15, -0.1) is 0 Å². The largest absolute Gasteiger partial charge is 0.307 e. The van der Waals surface area contributed by atoms with Gasteiger partial charge in [0.25, 0.3) is 5.91 Å². The molecule has 0 fully saturated rings. The molecule has 5 nitrogen and oxygen atoms in total. The Morgan fingerprint density at radius 3 is 2.48 bits per heavy atom. The van der Waals surface area contributed by atoms with Crippen LogP contribution in [0.15, 0.2) is 42.5 Å². The maximum Gasteiger partial charge on any atom is 0.250 e. The molecular weight excluding hydrogens is 374 g/mol. The van der Waals surface area contributed by atoms with Gasteiger partial charge in [-0.1, -0.05) is 18.2 Å². The van der Waals surface area contributed by atoms with Crippen LogP contribution in [-0.4, -0.2) is 32.7 Å². The van der Waals surface area contributed by atoms with Crippen molar-refractivity contribution in [1.82, 2.24) is 0 Å². The van der Waals surface area contributed by atoms with Crippen LogP contribution in [0.2, 0.25) is 0 Å². The van der Waals surface area contributed by atoms with Crippen LogP contribution in [0, 0.1) is 11.6 Å². The summed E-state index contributed by atoms with van der Waals surface area (Å²) in [7, 11) is -3.92. The third-order valence-electron chi connectivity index (χ3n) is 4.67. The van der Waals surface area contributed by atoms with E-state index in [1.165, 1.54) is 6.92 Å². The van der Waals surface area contributed by atoms with Crippen molar-refractivity contribution in [3.05, 3.63) is 59.7 Å². The molecule has 2 aromatic rings. The second-order valence-corrected chi connectivity index (χ2v) is 8.58. The predicted octanol–water partition coefficient (Wildman–Crippen LogP) is 3.10. The highest BCUT2D eigenvalue weighted by Gasteiger charge is 2.38. The molecule has 0 bridgehead atoms. The van der Waals surface area contributed by atoms with Crippen molar-refractivity contribution in [3.63, 3.8) is 0 Å². The summed E-state index contributed by atoms with van der Waals surface area (Å²) in [5.41, 5.74) is 1.64. The molecule has 8 heteroatoms. The number of fused-ring (bicyclic) bond motifs is 1. The average molecular weight is 394 g/mol. The molecule has 144 valence electrons. The SMILES string of the molecule is CC1Cc2ccccc2N1C(=O)C(C)N(c1ccc(F)c(F)c1)S(C)(=O)=O. The van der Waals surface area contributed by atoms with E-state index < -0.39 is 33.6 Å². The number of carbonyl (C=O) groups is 1. The lowest BCUT2D eigenvalue weighted by Gasteiger charge is -2.33. The summed E-state index contributed by atoms with van der Waals surface area (Å²) in [4.78, 5) is 14.8. The lowest BCUT2D eigenvalue weighted by Crippen LogP contribution is -2.51. The molecule has 2 unspecified atom stereocenters. The fourth-order valence-electron chi connectivity index (χ4n) is 3.53. The standard InChI is InChI=1S/C19H20F2N2O3S/c1-12-10-14-6-4-5-7-18(14)22(12)19(24)13(2)23(27(3,25)26)15-8-9-16(20)17(21)11-15/h4-9,11-13H,10H2,1-3H3. The molecule has 1 aliphatic heterocycles. The summed E-state index contributed by atoms with van der Waals surface area (Å²) < 4.78 is 52.5. The van der Waals surface area contributed by atoms with Gasteiger partial charge in [-0.2, -0.15) is 0 Å². The predicted molar refractivity (Wildman–Crippen MR) is 100 cm³/mol. The summed E-state index contributed by atoms with van der Waals surface area (Å²) in [6.07, 6.45) is 1.60. The van der Waals surface area contributed by atoms with Crippen molar-refractivity contribution in [2.24, 2.45) is 0 Å². The van der Waals surface area contributed by atoms with E-state index in [1.807, 2.05) is 31.2 Å². The van der Waals surface area contributed by atoms with E-state index in [9.17, 15) is 22.0 Å². The summed E-state index contributed by atoms with van der Waals surface area (Å²) in [6.45, 7) is 3.32. The molecule has 3 rings (SSSR count). The van der Waals surface area contributed by atoms with Gasteiger partial charge in [0.2, 0.25) is 10.0 Å². The Labute approximate surface area is 157 Å². The lowest BCUT2D eigenvalue weighted by molar-refractivity contribution is -0.119. The Balaban J connectivity index is 2.01. The molecule has 0 aromatic heterocycles.